The SMILES string of the molecule is C[C@]12CC[C@H]3[C@@H](CCC4=C[C@H](O)[C@@H](O)C[C@@]43C)[C@@H]1CC[C@@H]2C(=O)CO. The maximum Gasteiger partial charge on any atom is 0.161 e. The van der Waals surface area contributed by atoms with E-state index in [-0.39, 0.29) is 29.1 Å². The van der Waals surface area contributed by atoms with E-state index in [1.54, 1.807) is 0 Å². The number of aliphatic hydroxyl groups is 3. The molecule has 0 amide bonds. The average molecular weight is 348 g/mol. The van der Waals surface area contributed by atoms with Crippen molar-refractivity contribution in [3.63, 3.8) is 0 Å². The first-order valence-electron chi connectivity index (χ1n) is 10.0. The van der Waals surface area contributed by atoms with Crippen molar-refractivity contribution < 1.29 is 20.1 Å². The smallest absolute Gasteiger partial charge is 0.161 e. The Morgan fingerprint density at radius 1 is 1.16 bits per heavy atom. The van der Waals surface area contributed by atoms with Gasteiger partial charge in [0, 0.05) is 5.92 Å². The van der Waals surface area contributed by atoms with Crippen molar-refractivity contribution in [2.75, 3.05) is 6.61 Å². The number of hydrogen-bond donors (Lipinski definition) is 3. The molecule has 4 nitrogen and oxygen atoms in total. The Hall–Kier alpha value is -0.710. The van der Waals surface area contributed by atoms with Crippen LogP contribution in [0.3, 0.4) is 0 Å². The molecule has 4 rings (SSSR count). The van der Waals surface area contributed by atoms with Gasteiger partial charge < -0.3 is 15.3 Å². The van der Waals surface area contributed by atoms with Crippen molar-refractivity contribution in [3.05, 3.63) is 11.6 Å². The number of allylic oxidation sites excluding steroid dienone is 1. The van der Waals surface area contributed by atoms with E-state index < -0.39 is 12.2 Å². The van der Waals surface area contributed by atoms with Crippen LogP contribution in [0.2, 0.25) is 0 Å². The maximum absolute atomic E-state index is 12.3. The van der Waals surface area contributed by atoms with Crippen LogP contribution in [0.5, 0.6) is 0 Å². The van der Waals surface area contributed by atoms with Crippen molar-refractivity contribution in [1.82, 2.24) is 0 Å². The molecule has 0 saturated heterocycles. The highest BCUT2D eigenvalue weighted by Gasteiger charge is 2.60. The number of Topliss-reactive ketones (excluding diaryl/α,β-unsaturated/α-hetero) is 1. The maximum atomic E-state index is 12.3. The Morgan fingerprint density at radius 2 is 1.92 bits per heavy atom. The Bertz CT molecular complexity index is 599. The summed E-state index contributed by atoms with van der Waals surface area (Å²) in [5, 5.41) is 29.7. The van der Waals surface area contributed by atoms with E-state index in [2.05, 4.69) is 13.8 Å². The molecule has 140 valence electrons. The number of carbonyl (C=O) groups is 1. The van der Waals surface area contributed by atoms with Crippen molar-refractivity contribution >= 4 is 5.78 Å². The molecule has 25 heavy (non-hydrogen) atoms. The lowest BCUT2D eigenvalue weighted by Gasteiger charge is -2.58. The van der Waals surface area contributed by atoms with E-state index in [4.69, 9.17) is 0 Å². The molecule has 0 aromatic rings. The lowest BCUT2D eigenvalue weighted by atomic mass is 9.46. The molecule has 4 aliphatic carbocycles. The average Bonchev–Trinajstić information content (AvgIpc) is 2.93. The van der Waals surface area contributed by atoms with Gasteiger partial charge in [-0.25, -0.2) is 0 Å². The molecule has 3 saturated carbocycles. The number of fused-ring (bicyclic) bond motifs is 5. The minimum Gasteiger partial charge on any atom is -0.390 e. The normalized spacial score (nSPS) is 52.0. The molecule has 8 atom stereocenters. The van der Waals surface area contributed by atoms with E-state index in [1.807, 2.05) is 6.08 Å². The summed E-state index contributed by atoms with van der Waals surface area (Å²) < 4.78 is 0. The molecular weight excluding hydrogens is 316 g/mol. The van der Waals surface area contributed by atoms with E-state index in [1.165, 1.54) is 5.57 Å². The Kier molecular flexibility index (Phi) is 4.17. The fraction of sp³-hybridized carbons (Fsp3) is 0.857. The summed E-state index contributed by atoms with van der Waals surface area (Å²) in [4.78, 5) is 12.3. The highest BCUT2D eigenvalue weighted by Crippen LogP contribution is 2.66. The molecule has 4 heteroatoms. The fourth-order valence-corrected chi connectivity index (χ4v) is 7.39. The van der Waals surface area contributed by atoms with Crippen LogP contribution in [-0.4, -0.2) is 39.9 Å². The van der Waals surface area contributed by atoms with Gasteiger partial charge in [0.1, 0.15) is 6.61 Å². The molecule has 4 aliphatic rings. The van der Waals surface area contributed by atoms with Crippen LogP contribution in [0.1, 0.15) is 58.8 Å². The zero-order valence-corrected chi connectivity index (χ0v) is 15.4. The first kappa shape index (κ1) is 17.7. The molecule has 0 aliphatic heterocycles. The molecule has 0 radical (unpaired) electrons. The summed E-state index contributed by atoms with van der Waals surface area (Å²) in [6.07, 6.45) is 7.48. The van der Waals surface area contributed by atoms with Crippen LogP contribution in [-0.2, 0) is 4.79 Å². The van der Waals surface area contributed by atoms with Gasteiger partial charge in [-0.15, -0.1) is 0 Å². The minimum atomic E-state index is -0.716. The monoisotopic (exact) mass is 348 g/mol. The van der Waals surface area contributed by atoms with Crippen molar-refractivity contribution in [1.29, 1.82) is 0 Å². The lowest BCUT2D eigenvalue weighted by Crippen LogP contribution is -2.53. The summed E-state index contributed by atoms with van der Waals surface area (Å²) in [5.74, 6) is 1.74. The third-order valence-electron chi connectivity index (χ3n) is 8.68. The van der Waals surface area contributed by atoms with Gasteiger partial charge >= 0.3 is 0 Å². The third kappa shape index (κ3) is 2.40. The van der Waals surface area contributed by atoms with Crippen LogP contribution in [0.15, 0.2) is 11.6 Å². The summed E-state index contributed by atoms with van der Waals surface area (Å²) in [5.41, 5.74) is 1.36. The highest BCUT2D eigenvalue weighted by molar-refractivity contribution is 5.83. The van der Waals surface area contributed by atoms with Gasteiger partial charge in [-0.1, -0.05) is 25.5 Å². The van der Waals surface area contributed by atoms with Crippen molar-refractivity contribution in [2.24, 2.45) is 34.5 Å². The molecule has 0 spiro atoms. The van der Waals surface area contributed by atoms with Gasteiger partial charge in [-0.3, -0.25) is 4.79 Å². The zero-order chi connectivity index (χ0) is 18.0. The molecular formula is C21H32O4. The van der Waals surface area contributed by atoms with Crippen LogP contribution >= 0.6 is 0 Å². The second-order valence-electron chi connectivity index (χ2n) is 9.59. The molecule has 0 unspecified atom stereocenters. The number of ketones is 1. The summed E-state index contributed by atoms with van der Waals surface area (Å²) in [6.45, 7) is 4.25. The van der Waals surface area contributed by atoms with E-state index >= 15 is 0 Å². The molecule has 3 fully saturated rings. The largest absolute Gasteiger partial charge is 0.390 e. The quantitative estimate of drug-likeness (QED) is 0.670. The Balaban J connectivity index is 1.64. The van der Waals surface area contributed by atoms with E-state index in [0.717, 1.165) is 38.5 Å². The molecule has 0 heterocycles. The minimum absolute atomic E-state index is 0.0119. The van der Waals surface area contributed by atoms with Gasteiger partial charge in [0.2, 0.25) is 0 Å². The predicted octanol–water partition coefficient (Wildman–Crippen LogP) is 2.46. The molecule has 0 bridgehead atoms. The summed E-state index contributed by atoms with van der Waals surface area (Å²) in [6, 6.07) is 0. The van der Waals surface area contributed by atoms with Crippen molar-refractivity contribution in [2.45, 2.75) is 71.0 Å². The van der Waals surface area contributed by atoms with Crippen LogP contribution < -0.4 is 0 Å². The number of rotatable bonds is 2. The Morgan fingerprint density at radius 3 is 2.64 bits per heavy atom. The number of carbonyl (C=O) groups excluding carboxylic acids is 1. The summed E-state index contributed by atoms with van der Waals surface area (Å²) in [7, 11) is 0. The second-order valence-corrected chi connectivity index (χ2v) is 9.59. The number of hydrogen-bond acceptors (Lipinski definition) is 4. The van der Waals surface area contributed by atoms with Gasteiger partial charge in [0.05, 0.1) is 12.2 Å². The highest BCUT2D eigenvalue weighted by atomic mass is 16.3. The Labute approximate surface area is 150 Å². The summed E-state index contributed by atoms with van der Waals surface area (Å²) >= 11 is 0. The van der Waals surface area contributed by atoms with Gasteiger partial charge in [-0.05, 0) is 73.5 Å². The van der Waals surface area contributed by atoms with Gasteiger partial charge in [0.25, 0.3) is 0 Å². The standard InChI is InChI=1S/C21H32O4/c1-20-8-7-15-13(14(20)5-6-16(20)19(25)11-22)4-3-12-9-17(23)18(24)10-21(12,15)2/h9,13-18,22-24H,3-8,10-11H2,1-2H3/t13-,14-,15-,16+,17-,18-,20-,21-/m0/s1. The van der Waals surface area contributed by atoms with Gasteiger partial charge in [-0.2, -0.15) is 0 Å². The van der Waals surface area contributed by atoms with E-state index in [0.29, 0.717) is 24.2 Å². The van der Waals surface area contributed by atoms with Crippen LogP contribution in [0, 0.1) is 34.5 Å². The topological polar surface area (TPSA) is 77.8 Å². The first-order chi connectivity index (χ1) is 11.8. The first-order valence-corrected chi connectivity index (χ1v) is 10.0. The van der Waals surface area contributed by atoms with Crippen LogP contribution in [0.25, 0.3) is 0 Å². The molecule has 0 aromatic heterocycles. The lowest BCUT2D eigenvalue weighted by molar-refractivity contribution is -0.133. The number of aliphatic hydroxyl groups excluding tert-OH is 3. The van der Waals surface area contributed by atoms with Crippen molar-refractivity contribution in [3.8, 4) is 0 Å². The molecule has 3 N–H and O–H groups in total. The molecule has 0 aromatic carbocycles. The zero-order valence-electron chi connectivity index (χ0n) is 15.4. The fourth-order valence-electron chi connectivity index (χ4n) is 7.39. The third-order valence-corrected chi connectivity index (χ3v) is 8.68. The van der Waals surface area contributed by atoms with E-state index in [9.17, 15) is 20.1 Å². The van der Waals surface area contributed by atoms with Gasteiger partial charge in [0.15, 0.2) is 5.78 Å². The van der Waals surface area contributed by atoms with Crippen LogP contribution in [0.4, 0.5) is 0 Å². The predicted molar refractivity (Wildman–Crippen MR) is 94.7 cm³/mol. The second kappa shape index (κ2) is 5.90.